The second-order valence-corrected chi connectivity index (χ2v) is 3.59. The number of allylic oxidation sites excluding steroid dienone is 1. The molecule has 0 aromatic rings. The van der Waals surface area contributed by atoms with Crippen LogP contribution < -0.4 is 0 Å². The molecular formula is C10H16O3. The summed E-state index contributed by atoms with van der Waals surface area (Å²) in [5.74, 6) is -0.374. The first-order chi connectivity index (χ1) is 6.24. The van der Waals surface area contributed by atoms with Gasteiger partial charge in [-0.3, -0.25) is 0 Å². The maximum atomic E-state index is 10.3. The molecule has 0 bridgehead atoms. The van der Waals surface area contributed by atoms with Gasteiger partial charge in [-0.25, -0.2) is 4.79 Å². The van der Waals surface area contributed by atoms with Crippen LogP contribution in [0.25, 0.3) is 0 Å². The van der Waals surface area contributed by atoms with Gasteiger partial charge in [0.2, 0.25) is 0 Å². The Morgan fingerprint density at radius 1 is 1.38 bits per heavy atom. The largest absolute Gasteiger partial charge is 0.478 e. The maximum absolute atomic E-state index is 10.3. The highest BCUT2D eigenvalue weighted by atomic mass is 16.4. The molecule has 2 N–H and O–H groups in total. The summed E-state index contributed by atoms with van der Waals surface area (Å²) < 4.78 is 0. The van der Waals surface area contributed by atoms with Gasteiger partial charge in [0.1, 0.15) is 0 Å². The van der Waals surface area contributed by atoms with Crippen LogP contribution in [0.5, 0.6) is 0 Å². The summed E-state index contributed by atoms with van der Waals surface area (Å²) >= 11 is 0. The lowest BCUT2D eigenvalue weighted by molar-refractivity contribution is -0.131. The lowest BCUT2D eigenvalue weighted by Crippen LogP contribution is -2.21. The van der Waals surface area contributed by atoms with E-state index in [-0.39, 0.29) is 18.4 Å². The van der Waals surface area contributed by atoms with Gasteiger partial charge in [0.15, 0.2) is 0 Å². The van der Waals surface area contributed by atoms with E-state index in [0.29, 0.717) is 0 Å². The molecule has 0 aromatic heterocycles. The molecule has 0 aromatic carbocycles. The van der Waals surface area contributed by atoms with Gasteiger partial charge in [0.05, 0.1) is 0 Å². The number of rotatable bonds is 3. The predicted octanol–water partition coefficient (Wildman–Crippen LogP) is 1.43. The van der Waals surface area contributed by atoms with Crippen molar-refractivity contribution >= 4 is 5.97 Å². The summed E-state index contributed by atoms with van der Waals surface area (Å²) in [6.07, 6.45) is 7.24. The van der Waals surface area contributed by atoms with Gasteiger partial charge in [-0.15, -0.1) is 0 Å². The van der Waals surface area contributed by atoms with Crippen LogP contribution >= 0.6 is 0 Å². The normalized spacial score (nSPS) is 29.3. The van der Waals surface area contributed by atoms with Crippen molar-refractivity contribution in [3.05, 3.63) is 12.2 Å². The summed E-state index contributed by atoms with van der Waals surface area (Å²) in [5.41, 5.74) is 0. The second-order valence-electron chi connectivity index (χ2n) is 3.59. The van der Waals surface area contributed by atoms with Crippen LogP contribution in [0, 0.1) is 11.8 Å². The standard InChI is InChI=1S/C10H16O3/c11-7-9-4-2-1-3-8(9)5-6-10(12)13/h5-6,8-9,11H,1-4,7H2,(H,12,13)/b6-5+. The van der Waals surface area contributed by atoms with E-state index in [1.165, 1.54) is 6.08 Å². The van der Waals surface area contributed by atoms with Gasteiger partial charge in [-0.05, 0) is 24.7 Å². The molecule has 13 heavy (non-hydrogen) atoms. The zero-order chi connectivity index (χ0) is 9.68. The molecule has 0 heterocycles. The van der Waals surface area contributed by atoms with E-state index in [2.05, 4.69) is 0 Å². The highest BCUT2D eigenvalue weighted by molar-refractivity contribution is 5.79. The molecule has 1 aliphatic rings. The Hall–Kier alpha value is -0.830. The predicted molar refractivity (Wildman–Crippen MR) is 49.3 cm³/mol. The van der Waals surface area contributed by atoms with Crippen molar-refractivity contribution in [3.63, 3.8) is 0 Å². The van der Waals surface area contributed by atoms with Gasteiger partial charge in [-0.1, -0.05) is 18.9 Å². The van der Waals surface area contributed by atoms with Crippen molar-refractivity contribution in [3.8, 4) is 0 Å². The van der Waals surface area contributed by atoms with Crippen LogP contribution in [0.1, 0.15) is 25.7 Å². The minimum absolute atomic E-state index is 0.175. The van der Waals surface area contributed by atoms with Crippen molar-refractivity contribution in [2.75, 3.05) is 6.61 Å². The smallest absolute Gasteiger partial charge is 0.327 e. The molecule has 2 unspecified atom stereocenters. The molecule has 1 fully saturated rings. The van der Waals surface area contributed by atoms with Crippen molar-refractivity contribution < 1.29 is 15.0 Å². The number of carboxylic acid groups (broad SMARTS) is 1. The molecule has 1 saturated carbocycles. The van der Waals surface area contributed by atoms with E-state index in [9.17, 15) is 4.79 Å². The molecule has 2 atom stereocenters. The summed E-state index contributed by atoms with van der Waals surface area (Å²) in [4.78, 5) is 10.3. The molecule has 0 aliphatic heterocycles. The first kappa shape index (κ1) is 10.3. The van der Waals surface area contributed by atoms with Gasteiger partial charge in [-0.2, -0.15) is 0 Å². The third kappa shape index (κ3) is 3.19. The average molecular weight is 184 g/mol. The number of hydrogen-bond donors (Lipinski definition) is 2. The first-order valence-electron chi connectivity index (χ1n) is 4.76. The Labute approximate surface area is 78.1 Å². The molecule has 74 valence electrons. The first-order valence-corrected chi connectivity index (χ1v) is 4.76. The van der Waals surface area contributed by atoms with Crippen LogP contribution in [0.15, 0.2) is 12.2 Å². The molecule has 1 rings (SSSR count). The number of aliphatic hydroxyl groups is 1. The van der Waals surface area contributed by atoms with Gasteiger partial charge in [0, 0.05) is 12.7 Å². The van der Waals surface area contributed by atoms with Crippen molar-refractivity contribution in [2.45, 2.75) is 25.7 Å². The van der Waals surface area contributed by atoms with Gasteiger partial charge < -0.3 is 10.2 Å². The quantitative estimate of drug-likeness (QED) is 0.652. The van der Waals surface area contributed by atoms with Crippen LogP contribution in [0.2, 0.25) is 0 Å². The van der Waals surface area contributed by atoms with E-state index < -0.39 is 5.97 Å². The van der Waals surface area contributed by atoms with Crippen molar-refractivity contribution in [1.29, 1.82) is 0 Å². The van der Waals surface area contributed by atoms with Crippen LogP contribution in [0.4, 0.5) is 0 Å². The molecule has 0 spiro atoms. The van der Waals surface area contributed by atoms with Crippen molar-refractivity contribution in [1.82, 2.24) is 0 Å². The lowest BCUT2D eigenvalue weighted by Gasteiger charge is -2.27. The van der Waals surface area contributed by atoms with E-state index >= 15 is 0 Å². The fourth-order valence-corrected chi connectivity index (χ4v) is 1.92. The molecule has 0 saturated heterocycles. The van der Waals surface area contributed by atoms with Crippen LogP contribution in [0.3, 0.4) is 0 Å². The maximum Gasteiger partial charge on any atom is 0.327 e. The highest BCUT2D eigenvalue weighted by Gasteiger charge is 2.22. The molecule has 3 heteroatoms. The molecule has 0 amide bonds. The van der Waals surface area contributed by atoms with E-state index in [1.807, 2.05) is 0 Å². The van der Waals surface area contributed by atoms with E-state index in [4.69, 9.17) is 10.2 Å². The summed E-state index contributed by atoms with van der Waals surface area (Å²) in [7, 11) is 0. The number of hydrogen-bond acceptors (Lipinski definition) is 2. The van der Waals surface area contributed by atoms with Crippen LogP contribution in [-0.2, 0) is 4.79 Å². The zero-order valence-corrected chi connectivity index (χ0v) is 7.65. The van der Waals surface area contributed by atoms with E-state index in [0.717, 1.165) is 25.7 Å². The van der Waals surface area contributed by atoms with Crippen molar-refractivity contribution in [2.24, 2.45) is 11.8 Å². The number of aliphatic hydroxyl groups excluding tert-OH is 1. The monoisotopic (exact) mass is 184 g/mol. The Kier molecular flexibility index (Phi) is 3.96. The average Bonchev–Trinajstić information content (AvgIpc) is 2.15. The molecular weight excluding hydrogens is 168 g/mol. The highest BCUT2D eigenvalue weighted by Crippen LogP contribution is 2.30. The molecule has 0 radical (unpaired) electrons. The second kappa shape index (κ2) is 5.02. The summed E-state index contributed by atoms with van der Waals surface area (Å²) in [6, 6.07) is 0. The zero-order valence-electron chi connectivity index (χ0n) is 7.65. The van der Waals surface area contributed by atoms with Crippen LogP contribution in [-0.4, -0.2) is 22.8 Å². The number of aliphatic carboxylic acids is 1. The number of carboxylic acids is 1. The fourth-order valence-electron chi connectivity index (χ4n) is 1.92. The third-order valence-corrected chi connectivity index (χ3v) is 2.69. The summed E-state index contributed by atoms with van der Waals surface area (Å²) in [6.45, 7) is 0.175. The Morgan fingerprint density at radius 2 is 2.08 bits per heavy atom. The third-order valence-electron chi connectivity index (χ3n) is 2.69. The summed E-state index contributed by atoms with van der Waals surface area (Å²) in [5, 5.41) is 17.5. The van der Waals surface area contributed by atoms with Gasteiger partial charge >= 0.3 is 5.97 Å². The Balaban J connectivity index is 2.49. The molecule has 3 nitrogen and oxygen atoms in total. The lowest BCUT2D eigenvalue weighted by atomic mass is 9.79. The minimum atomic E-state index is -0.901. The molecule has 1 aliphatic carbocycles. The topological polar surface area (TPSA) is 57.5 Å². The minimum Gasteiger partial charge on any atom is -0.478 e. The van der Waals surface area contributed by atoms with E-state index in [1.54, 1.807) is 6.08 Å². The fraction of sp³-hybridized carbons (Fsp3) is 0.700. The Morgan fingerprint density at radius 3 is 2.69 bits per heavy atom. The van der Waals surface area contributed by atoms with Gasteiger partial charge in [0.25, 0.3) is 0 Å². The SMILES string of the molecule is O=C(O)/C=C/C1CCCCC1CO. The Bertz CT molecular complexity index is 198. The number of carbonyl (C=O) groups is 1.